The van der Waals surface area contributed by atoms with Crippen LogP contribution in [0.15, 0.2) is 12.4 Å². The lowest BCUT2D eigenvalue weighted by molar-refractivity contribution is 0.575. The summed E-state index contributed by atoms with van der Waals surface area (Å²) in [6.45, 7) is 7.64. The Bertz CT molecular complexity index is 330. The van der Waals surface area contributed by atoms with Crippen molar-refractivity contribution in [3.05, 3.63) is 12.4 Å². The van der Waals surface area contributed by atoms with Crippen molar-refractivity contribution in [3.63, 3.8) is 0 Å². The predicted molar refractivity (Wildman–Crippen MR) is 112 cm³/mol. The largest absolute Gasteiger partial charge is 0.376 e. The van der Waals surface area contributed by atoms with Gasteiger partial charge in [-0.2, -0.15) is 0 Å². The minimum atomic E-state index is 0.385. The first-order chi connectivity index (χ1) is 11.5. The zero-order valence-corrected chi connectivity index (χ0v) is 16.3. The molecule has 0 aliphatic rings. The van der Waals surface area contributed by atoms with Crippen LogP contribution in [0.25, 0.3) is 0 Å². The Hall–Kier alpha value is -1.28. The van der Waals surface area contributed by atoms with E-state index in [2.05, 4.69) is 27.8 Å². The number of thiocarbonyl (C=S) groups is 2. The van der Waals surface area contributed by atoms with Crippen LogP contribution in [-0.2, 0) is 0 Å². The second-order valence-electron chi connectivity index (χ2n) is 5.74. The minimum Gasteiger partial charge on any atom is -0.376 e. The highest BCUT2D eigenvalue weighted by atomic mass is 32.1. The molecule has 0 fully saturated rings. The molecule has 0 bridgehead atoms. The summed E-state index contributed by atoms with van der Waals surface area (Å²) in [6, 6.07) is 0. The van der Waals surface area contributed by atoms with Gasteiger partial charge in [0.25, 0.3) is 0 Å². The average Bonchev–Trinajstić information content (AvgIpc) is 2.51. The number of nitrogens with one attached hydrogen (secondary N) is 4. The second-order valence-corrected chi connectivity index (χ2v) is 6.62. The van der Waals surface area contributed by atoms with Gasteiger partial charge in [-0.25, -0.2) is 0 Å². The molecule has 0 aromatic rings. The zero-order chi connectivity index (χ0) is 18.0. The van der Waals surface area contributed by atoms with Gasteiger partial charge in [-0.3, -0.25) is 0 Å². The molecule has 140 valence electrons. The molecule has 0 amide bonds. The van der Waals surface area contributed by atoms with Gasteiger partial charge < -0.3 is 32.7 Å². The van der Waals surface area contributed by atoms with Crippen molar-refractivity contribution in [1.29, 1.82) is 0 Å². The molecule has 0 aliphatic carbocycles. The molecule has 0 rings (SSSR count). The standard InChI is InChI=1S/C16H34N6S2/c1-14(19-10-6-2-4-8-12-21-15(17)23)20-11-7-3-5-9-13-22-16(18)24/h19-20H,1-13H2,(H3,17,21,23)(H3,18,22,24). The van der Waals surface area contributed by atoms with E-state index in [0.717, 1.165) is 57.7 Å². The number of hydrogen-bond donors (Lipinski definition) is 6. The molecule has 0 saturated carbocycles. The van der Waals surface area contributed by atoms with Gasteiger partial charge in [0.1, 0.15) is 0 Å². The van der Waals surface area contributed by atoms with Crippen molar-refractivity contribution in [3.8, 4) is 0 Å². The van der Waals surface area contributed by atoms with Gasteiger partial charge in [0.05, 0.1) is 5.82 Å². The van der Waals surface area contributed by atoms with Crippen LogP contribution in [0.3, 0.4) is 0 Å². The summed E-state index contributed by atoms with van der Waals surface area (Å²) >= 11 is 9.50. The van der Waals surface area contributed by atoms with Crippen LogP contribution >= 0.6 is 24.4 Å². The highest BCUT2D eigenvalue weighted by molar-refractivity contribution is 7.80. The highest BCUT2D eigenvalue weighted by Crippen LogP contribution is 1.99. The second kappa shape index (κ2) is 16.6. The smallest absolute Gasteiger partial charge is 0.163 e. The van der Waals surface area contributed by atoms with Crippen LogP contribution in [0.1, 0.15) is 51.4 Å². The first-order valence-electron chi connectivity index (χ1n) is 8.75. The Morgan fingerprint density at radius 1 is 0.583 bits per heavy atom. The van der Waals surface area contributed by atoms with Crippen molar-refractivity contribution in [2.24, 2.45) is 11.5 Å². The number of rotatable bonds is 16. The summed E-state index contributed by atoms with van der Waals surface area (Å²) in [7, 11) is 0. The molecule has 0 spiro atoms. The molecule has 0 aliphatic heterocycles. The van der Waals surface area contributed by atoms with Crippen molar-refractivity contribution in [1.82, 2.24) is 21.3 Å². The molecule has 0 aromatic carbocycles. The van der Waals surface area contributed by atoms with Crippen molar-refractivity contribution in [2.45, 2.75) is 51.4 Å². The topological polar surface area (TPSA) is 100 Å². The summed E-state index contributed by atoms with van der Waals surface area (Å²) in [6.07, 6.45) is 9.24. The number of nitrogens with two attached hydrogens (primary N) is 2. The lowest BCUT2D eigenvalue weighted by Gasteiger charge is -2.12. The summed E-state index contributed by atoms with van der Waals surface area (Å²) in [5.74, 6) is 0.917. The number of unbranched alkanes of at least 4 members (excludes halogenated alkanes) is 6. The Labute approximate surface area is 157 Å². The first-order valence-corrected chi connectivity index (χ1v) is 9.57. The highest BCUT2D eigenvalue weighted by Gasteiger charge is 1.95. The molecular weight excluding hydrogens is 340 g/mol. The van der Waals surface area contributed by atoms with E-state index in [1.165, 1.54) is 25.7 Å². The Morgan fingerprint density at radius 3 is 1.17 bits per heavy atom. The Kier molecular flexibility index (Phi) is 15.7. The summed E-state index contributed by atoms with van der Waals surface area (Å²) in [5.41, 5.74) is 10.7. The molecule has 0 saturated heterocycles. The molecule has 8 N–H and O–H groups in total. The van der Waals surface area contributed by atoms with Gasteiger partial charge in [0, 0.05) is 26.2 Å². The van der Waals surface area contributed by atoms with Crippen LogP contribution in [0.2, 0.25) is 0 Å². The third-order valence-electron chi connectivity index (χ3n) is 3.48. The van der Waals surface area contributed by atoms with E-state index >= 15 is 0 Å². The van der Waals surface area contributed by atoms with Gasteiger partial charge in [0.2, 0.25) is 0 Å². The Morgan fingerprint density at radius 2 is 0.875 bits per heavy atom. The van der Waals surface area contributed by atoms with Crippen LogP contribution in [0.5, 0.6) is 0 Å². The molecule has 0 radical (unpaired) electrons. The van der Waals surface area contributed by atoms with E-state index in [9.17, 15) is 0 Å². The van der Waals surface area contributed by atoms with E-state index in [4.69, 9.17) is 35.9 Å². The lowest BCUT2D eigenvalue weighted by atomic mass is 10.2. The molecule has 8 heteroatoms. The van der Waals surface area contributed by atoms with E-state index in [1.54, 1.807) is 0 Å². The van der Waals surface area contributed by atoms with Crippen LogP contribution < -0.4 is 32.7 Å². The maximum Gasteiger partial charge on any atom is 0.163 e. The molecular formula is C16H34N6S2. The molecule has 6 nitrogen and oxygen atoms in total. The summed E-state index contributed by atoms with van der Waals surface area (Å²) in [5, 5.41) is 13.3. The zero-order valence-electron chi connectivity index (χ0n) is 14.7. The summed E-state index contributed by atoms with van der Waals surface area (Å²) < 4.78 is 0. The van der Waals surface area contributed by atoms with Gasteiger partial charge in [-0.1, -0.05) is 32.3 Å². The molecule has 0 aromatic heterocycles. The van der Waals surface area contributed by atoms with Crippen molar-refractivity contribution < 1.29 is 0 Å². The van der Waals surface area contributed by atoms with Gasteiger partial charge >= 0.3 is 0 Å². The van der Waals surface area contributed by atoms with Crippen LogP contribution in [-0.4, -0.2) is 36.4 Å². The third kappa shape index (κ3) is 18.8. The maximum absolute atomic E-state index is 5.36. The van der Waals surface area contributed by atoms with Crippen LogP contribution in [0, 0.1) is 0 Å². The van der Waals surface area contributed by atoms with Gasteiger partial charge in [-0.15, -0.1) is 0 Å². The number of hydrogen-bond acceptors (Lipinski definition) is 4. The molecule has 0 atom stereocenters. The van der Waals surface area contributed by atoms with E-state index in [-0.39, 0.29) is 0 Å². The van der Waals surface area contributed by atoms with Crippen molar-refractivity contribution >= 4 is 34.7 Å². The van der Waals surface area contributed by atoms with E-state index in [0.29, 0.717) is 10.2 Å². The third-order valence-corrected chi connectivity index (χ3v) is 3.77. The SMILES string of the molecule is C=C(NCCCCCCNC(N)=S)NCCCCCCNC(N)=S. The predicted octanol–water partition coefficient (Wildman–Crippen LogP) is 1.42. The average molecular weight is 375 g/mol. The fourth-order valence-electron chi connectivity index (χ4n) is 2.17. The Balaban J connectivity index is 3.21. The quantitative estimate of drug-likeness (QED) is 0.178. The van der Waals surface area contributed by atoms with Crippen LogP contribution in [0.4, 0.5) is 0 Å². The molecule has 0 unspecified atom stereocenters. The monoisotopic (exact) mass is 374 g/mol. The lowest BCUT2D eigenvalue weighted by Crippen LogP contribution is -2.29. The van der Waals surface area contributed by atoms with Crippen molar-refractivity contribution in [2.75, 3.05) is 26.2 Å². The normalized spacial score (nSPS) is 10.0. The summed E-state index contributed by atoms with van der Waals surface area (Å²) in [4.78, 5) is 0. The fraction of sp³-hybridized carbons (Fsp3) is 0.750. The maximum atomic E-state index is 5.36. The van der Waals surface area contributed by atoms with E-state index in [1.807, 2.05) is 0 Å². The van der Waals surface area contributed by atoms with Gasteiger partial charge in [-0.05, 0) is 50.1 Å². The molecule has 24 heavy (non-hydrogen) atoms. The molecule has 0 heterocycles. The first kappa shape index (κ1) is 22.7. The fourth-order valence-corrected chi connectivity index (χ4v) is 2.38. The van der Waals surface area contributed by atoms with E-state index < -0.39 is 0 Å². The van der Waals surface area contributed by atoms with Gasteiger partial charge in [0.15, 0.2) is 10.2 Å². The minimum absolute atomic E-state index is 0.385.